The fraction of sp³-hybridized carbons (Fsp3) is 0.833. The summed E-state index contributed by atoms with van der Waals surface area (Å²) in [5.74, 6) is -1.28. The van der Waals surface area contributed by atoms with E-state index < -0.39 is 46.6 Å². The predicted octanol–water partition coefficient (Wildman–Crippen LogP) is 5.24. The second-order valence-electron chi connectivity index (χ2n) is 11.3. The van der Waals surface area contributed by atoms with Crippen LogP contribution in [-0.2, 0) is 38.6 Å². The molecule has 0 amide bonds. The maximum absolute atomic E-state index is 12.0. The van der Waals surface area contributed by atoms with Crippen molar-refractivity contribution in [3.63, 3.8) is 0 Å². The molecule has 0 aromatic heterocycles. The van der Waals surface area contributed by atoms with Gasteiger partial charge in [-0.1, -0.05) is 0 Å². The Morgan fingerprint density at radius 3 is 1.12 bits per heavy atom. The highest BCUT2D eigenvalue weighted by atomic mass is 17.2. The van der Waals surface area contributed by atoms with Crippen LogP contribution in [0.25, 0.3) is 0 Å². The van der Waals surface area contributed by atoms with Gasteiger partial charge in [0.05, 0.1) is 11.2 Å². The van der Waals surface area contributed by atoms with Gasteiger partial charge in [0.1, 0.15) is 23.4 Å². The molecule has 0 aromatic carbocycles. The van der Waals surface area contributed by atoms with Crippen molar-refractivity contribution in [3.8, 4) is 0 Å². The quantitative estimate of drug-likeness (QED) is 0.169. The largest absolute Gasteiger partial charge is 0.459 e. The molecule has 0 aliphatic carbocycles. The molecule has 188 valence electrons. The molecule has 0 radical (unpaired) electrons. The van der Waals surface area contributed by atoms with Crippen molar-refractivity contribution in [2.24, 2.45) is 0 Å². The third-order valence-corrected chi connectivity index (χ3v) is 3.58. The van der Waals surface area contributed by atoms with Gasteiger partial charge < -0.3 is 9.47 Å². The van der Waals surface area contributed by atoms with Crippen molar-refractivity contribution in [2.75, 3.05) is 0 Å². The van der Waals surface area contributed by atoms with Crippen LogP contribution in [0.4, 0.5) is 0 Å². The Bertz CT molecular complexity index is 569. The van der Waals surface area contributed by atoms with Crippen LogP contribution in [-0.4, -0.2) is 46.6 Å². The van der Waals surface area contributed by atoms with Crippen LogP contribution in [0.3, 0.4) is 0 Å². The standard InChI is InChI=1S/C24H44O8/c1-17(15-23(9,10)31-29-21(3,4)5)27-19(25)13-14-20(26)28-18(2)16-24(11,12)32-30-22(6,7)8/h13-14,17-18H,15-16H2,1-12H3. The zero-order valence-electron chi connectivity index (χ0n) is 22.0. The van der Waals surface area contributed by atoms with Crippen molar-refractivity contribution in [1.29, 1.82) is 0 Å². The lowest BCUT2D eigenvalue weighted by atomic mass is 10.0. The number of hydrogen-bond acceptors (Lipinski definition) is 8. The Morgan fingerprint density at radius 2 is 0.875 bits per heavy atom. The van der Waals surface area contributed by atoms with Crippen molar-refractivity contribution >= 4 is 11.9 Å². The zero-order chi connectivity index (χ0) is 25.4. The molecule has 2 unspecified atom stereocenters. The normalized spacial score (nSPS) is 15.5. The molecular formula is C24H44O8. The molecule has 0 fully saturated rings. The van der Waals surface area contributed by atoms with Crippen LogP contribution in [0.5, 0.6) is 0 Å². The summed E-state index contributed by atoms with van der Waals surface area (Å²) >= 11 is 0. The minimum atomic E-state index is -0.656. The predicted molar refractivity (Wildman–Crippen MR) is 121 cm³/mol. The lowest BCUT2D eigenvalue weighted by molar-refractivity contribution is -0.399. The van der Waals surface area contributed by atoms with Crippen molar-refractivity contribution < 1.29 is 38.6 Å². The van der Waals surface area contributed by atoms with Gasteiger partial charge in [0, 0.05) is 25.0 Å². The number of hydrogen-bond donors (Lipinski definition) is 0. The smallest absolute Gasteiger partial charge is 0.331 e. The van der Waals surface area contributed by atoms with Gasteiger partial charge in [-0.15, -0.1) is 0 Å². The Hall–Kier alpha value is -1.48. The molecule has 0 rings (SSSR count). The molecule has 0 N–H and O–H groups in total. The van der Waals surface area contributed by atoms with Crippen LogP contribution in [0.15, 0.2) is 12.2 Å². The van der Waals surface area contributed by atoms with Crippen molar-refractivity contribution in [2.45, 2.75) is 131 Å². The number of ether oxygens (including phenoxy) is 2. The third kappa shape index (κ3) is 17.1. The maximum atomic E-state index is 12.0. The van der Waals surface area contributed by atoms with Crippen molar-refractivity contribution in [3.05, 3.63) is 12.2 Å². The summed E-state index contributed by atoms with van der Waals surface area (Å²) in [5, 5.41) is 0. The maximum Gasteiger partial charge on any atom is 0.331 e. The molecule has 8 heteroatoms. The summed E-state index contributed by atoms with van der Waals surface area (Å²) in [4.78, 5) is 45.7. The average Bonchev–Trinajstić information content (AvgIpc) is 2.54. The van der Waals surface area contributed by atoms with E-state index in [4.69, 9.17) is 29.0 Å². The Kier molecular flexibility index (Phi) is 11.6. The Labute approximate surface area is 193 Å². The second kappa shape index (κ2) is 12.1. The first-order chi connectivity index (χ1) is 14.2. The molecule has 0 heterocycles. The molecular weight excluding hydrogens is 416 g/mol. The minimum absolute atomic E-state index is 0.413. The van der Waals surface area contributed by atoms with Gasteiger partial charge in [0.15, 0.2) is 0 Å². The van der Waals surface area contributed by atoms with Gasteiger partial charge >= 0.3 is 11.9 Å². The van der Waals surface area contributed by atoms with Gasteiger partial charge in [-0.25, -0.2) is 29.1 Å². The minimum Gasteiger partial charge on any atom is -0.459 e. The Morgan fingerprint density at radius 1 is 0.594 bits per heavy atom. The van der Waals surface area contributed by atoms with E-state index in [1.54, 1.807) is 13.8 Å². The molecule has 0 spiro atoms. The summed E-state index contributed by atoms with van der Waals surface area (Å²) in [6, 6.07) is 0. The molecule has 0 aromatic rings. The highest BCUT2D eigenvalue weighted by Crippen LogP contribution is 2.23. The number of rotatable bonds is 12. The molecule has 32 heavy (non-hydrogen) atoms. The fourth-order valence-electron chi connectivity index (χ4n) is 2.62. The first-order valence-electron chi connectivity index (χ1n) is 11.0. The van der Waals surface area contributed by atoms with E-state index in [1.807, 2.05) is 69.2 Å². The highest BCUT2D eigenvalue weighted by Gasteiger charge is 2.29. The van der Waals surface area contributed by atoms with Crippen LogP contribution in [0.2, 0.25) is 0 Å². The van der Waals surface area contributed by atoms with E-state index in [0.717, 1.165) is 12.2 Å². The first-order valence-corrected chi connectivity index (χ1v) is 11.0. The number of carbonyl (C=O) groups excluding carboxylic acids is 2. The lowest BCUT2D eigenvalue weighted by Gasteiger charge is -2.30. The molecule has 8 nitrogen and oxygen atoms in total. The van der Waals surface area contributed by atoms with Gasteiger partial charge in [-0.2, -0.15) is 0 Å². The molecule has 0 aliphatic rings. The number of carbonyl (C=O) groups is 2. The zero-order valence-corrected chi connectivity index (χ0v) is 22.0. The third-order valence-electron chi connectivity index (χ3n) is 3.58. The molecule has 0 bridgehead atoms. The monoisotopic (exact) mass is 460 g/mol. The summed E-state index contributed by atoms with van der Waals surface area (Å²) < 4.78 is 10.6. The molecule has 0 aliphatic heterocycles. The van der Waals surface area contributed by atoms with E-state index in [1.165, 1.54) is 0 Å². The topological polar surface area (TPSA) is 89.5 Å². The van der Waals surface area contributed by atoms with Gasteiger partial charge in [0.25, 0.3) is 0 Å². The molecule has 0 saturated carbocycles. The van der Waals surface area contributed by atoms with E-state index in [2.05, 4.69) is 0 Å². The summed E-state index contributed by atoms with van der Waals surface area (Å²) in [5.41, 5.74) is -2.20. The fourth-order valence-corrected chi connectivity index (χ4v) is 2.62. The first kappa shape index (κ1) is 30.5. The highest BCUT2D eigenvalue weighted by molar-refractivity contribution is 5.91. The average molecular weight is 461 g/mol. The van der Waals surface area contributed by atoms with Crippen LogP contribution >= 0.6 is 0 Å². The second-order valence-corrected chi connectivity index (χ2v) is 11.3. The molecule has 2 atom stereocenters. The van der Waals surface area contributed by atoms with E-state index in [-0.39, 0.29) is 0 Å². The van der Waals surface area contributed by atoms with Crippen LogP contribution in [0.1, 0.15) is 95.9 Å². The summed E-state index contributed by atoms with van der Waals surface area (Å²) in [6.45, 7) is 22.1. The SMILES string of the molecule is CC(CC(C)(C)OOC(C)(C)C)OC(=O)C=CC(=O)OC(C)CC(C)(C)OOC(C)(C)C. The van der Waals surface area contributed by atoms with Gasteiger partial charge in [-0.05, 0) is 83.1 Å². The van der Waals surface area contributed by atoms with Gasteiger partial charge in [-0.3, -0.25) is 0 Å². The lowest BCUT2D eigenvalue weighted by Crippen LogP contribution is -2.34. The van der Waals surface area contributed by atoms with Gasteiger partial charge in [0.2, 0.25) is 0 Å². The van der Waals surface area contributed by atoms with E-state index in [0.29, 0.717) is 12.8 Å². The number of esters is 2. The van der Waals surface area contributed by atoms with E-state index >= 15 is 0 Å². The summed E-state index contributed by atoms with van der Waals surface area (Å²) in [6.07, 6.45) is 2.04. The Balaban J connectivity index is 4.49. The van der Waals surface area contributed by atoms with E-state index in [9.17, 15) is 9.59 Å². The van der Waals surface area contributed by atoms with Crippen molar-refractivity contribution in [1.82, 2.24) is 0 Å². The van der Waals surface area contributed by atoms with Crippen LogP contribution in [0, 0.1) is 0 Å². The summed E-state index contributed by atoms with van der Waals surface area (Å²) in [7, 11) is 0. The molecule has 0 saturated heterocycles. The van der Waals surface area contributed by atoms with Crippen LogP contribution < -0.4 is 0 Å².